The SMILES string of the molecule is CC(=O)Nc1ccc(-c2csc(NC(=O)C(C)NC(=O)C(C)(C)C)n2)cc1. The number of anilines is 2. The van der Waals surface area contributed by atoms with Crippen LogP contribution in [-0.2, 0) is 14.4 Å². The number of carbonyl (C=O) groups is 3. The van der Waals surface area contributed by atoms with E-state index >= 15 is 0 Å². The van der Waals surface area contributed by atoms with E-state index in [4.69, 9.17) is 0 Å². The minimum Gasteiger partial charge on any atom is -0.344 e. The molecular weight excluding hydrogens is 364 g/mol. The first-order valence-corrected chi connectivity index (χ1v) is 9.39. The van der Waals surface area contributed by atoms with Crippen molar-refractivity contribution in [3.8, 4) is 11.3 Å². The molecule has 0 fully saturated rings. The minimum atomic E-state index is -0.666. The molecule has 1 heterocycles. The summed E-state index contributed by atoms with van der Waals surface area (Å²) < 4.78 is 0. The third-order valence-electron chi connectivity index (χ3n) is 3.66. The van der Waals surface area contributed by atoms with E-state index in [1.165, 1.54) is 18.3 Å². The summed E-state index contributed by atoms with van der Waals surface area (Å²) in [4.78, 5) is 39.7. The fraction of sp³-hybridized carbons (Fsp3) is 0.368. The van der Waals surface area contributed by atoms with Gasteiger partial charge in [0.2, 0.25) is 17.7 Å². The van der Waals surface area contributed by atoms with Crippen LogP contribution in [0.1, 0.15) is 34.6 Å². The van der Waals surface area contributed by atoms with Crippen molar-refractivity contribution in [1.29, 1.82) is 0 Å². The summed E-state index contributed by atoms with van der Waals surface area (Å²) in [5.74, 6) is -0.646. The van der Waals surface area contributed by atoms with Gasteiger partial charge in [0, 0.05) is 29.0 Å². The molecule has 0 aliphatic rings. The second kappa shape index (κ2) is 8.30. The number of amides is 3. The number of hydrogen-bond donors (Lipinski definition) is 3. The van der Waals surface area contributed by atoms with E-state index in [9.17, 15) is 14.4 Å². The molecule has 27 heavy (non-hydrogen) atoms. The molecule has 0 bridgehead atoms. The zero-order valence-electron chi connectivity index (χ0n) is 16.0. The second-order valence-electron chi connectivity index (χ2n) is 7.23. The largest absolute Gasteiger partial charge is 0.344 e. The number of rotatable bonds is 5. The Balaban J connectivity index is 2.00. The molecule has 1 aromatic heterocycles. The van der Waals surface area contributed by atoms with Gasteiger partial charge < -0.3 is 16.0 Å². The molecule has 0 aliphatic heterocycles. The van der Waals surface area contributed by atoms with E-state index < -0.39 is 11.5 Å². The van der Waals surface area contributed by atoms with E-state index in [0.717, 1.165) is 11.3 Å². The van der Waals surface area contributed by atoms with Gasteiger partial charge in [0.25, 0.3) is 0 Å². The maximum absolute atomic E-state index is 12.3. The van der Waals surface area contributed by atoms with Gasteiger partial charge in [0.1, 0.15) is 6.04 Å². The monoisotopic (exact) mass is 388 g/mol. The van der Waals surface area contributed by atoms with Crippen molar-refractivity contribution >= 4 is 39.9 Å². The maximum atomic E-state index is 12.3. The average Bonchev–Trinajstić information content (AvgIpc) is 3.02. The quantitative estimate of drug-likeness (QED) is 0.732. The van der Waals surface area contributed by atoms with Gasteiger partial charge in [-0.05, 0) is 19.1 Å². The van der Waals surface area contributed by atoms with Crippen molar-refractivity contribution in [1.82, 2.24) is 10.3 Å². The van der Waals surface area contributed by atoms with Crippen LogP contribution in [-0.4, -0.2) is 28.7 Å². The Hall–Kier alpha value is -2.74. The van der Waals surface area contributed by atoms with E-state index in [0.29, 0.717) is 10.8 Å². The number of nitrogens with zero attached hydrogens (tertiary/aromatic N) is 1. The summed E-state index contributed by atoms with van der Waals surface area (Å²) in [5, 5.41) is 10.4. The molecule has 1 atom stereocenters. The number of nitrogens with one attached hydrogen (secondary N) is 3. The molecule has 0 radical (unpaired) electrons. The highest BCUT2D eigenvalue weighted by Crippen LogP contribution is 2.26. The lowest BCUT2D eigenvalue weighted by atomic mass is 9.95. The zero-order chi connectivity index (χ0) is 20.2. The number of hydrogen-bond acceptors (Lipinski definition) is 5. The van der Waals surface area contributed by atoms with Crippen LogP contribution in [0.4, 0.5) is 10.8 Å². The predicted octanol–water partition coefficient (Wildman–Crippen LogP) is 3.26. The average molecular weight is 388 g/mol. The van der Waals surface area contributed by atoms with Gasteiger partial charge >= 0.3 is 0 Å². The number of aromatic nitrogens is 1. The van der Waals surface area contributed by atoms with E-state index in [2.05, 4.69) is 20.9 Å². The van der Waals surface area contributed by atoms with Crippen molar-refractivity contribution in [2.75, 3.05) is 10.6 Å². The van der Waals surface area contributed by atoms with Crippen molar-refractivity contribution < 1.29 is 14.4 Å². The molecule has 2 aromatic rings. The zero-order valence-corrected chi connectivity index (χ0v) is 16.9. The Morgan fingerprint density at radius 1 is 1.07 bits per heavy atom. The van der Waals surface area contributed by atoms with E-state index in [1.54, 1.807) is 39.8 Å². The summed E-state index contributed by atoms with van der Waals surface area (Å²) in [6.07, 6.45) is 0. The van der Waals surface area contributed by atoms with Crippen molar-refractivity contribution in [3.05, 3.63) is 29.6 Å². The first-order chi connectivity index (χ1) is 12.6. The van der Waals surface area contributed by atoms with Crippen molar-refractivity contribution in [2.24, 2.45) is 5.41 Å². The summed E-state index contributed by atoms with van der Waals surface area (Å²) in [5.41, 5.74) is 1.73. The van der Waals surface area contributed by atoms with Crippen LogP contribution >= 0.6 is 11.3 Å². The van der Waals surface area contributed by atoms with Crippen LogP contribution in [0.5, 0.6) is 0 Å². The van der Waals surface area contributed by atoms with Crippen LogP contribution < -0.4 is 16.0 Å². The number of thiazole rings is 1. The third kappa shape index (κ3) is 5.89. The van der Waals surface area contributed by atoms with Gasteiger partial charge in [-0.25, -0.2) is 4.98 Å². The summed E-state index contributed by atoms with van der Waals surface area (Å²) >= 11 is 1.30. The molecule has 3 N–H and O–H groups in total. The first kappa shape index (κ1) is 20.6. The Bertz CT molecular complexity index is 837. The highest BCUT2D eigenvalue weighted by atomic mass is 32.1. The normalized spacial score (nSPS) is 12.2. The Morgan fingerprint density at radius 3 is 2.26 bits per heavy atom. The first-order valence-electron chi connectivity index (χ1n) is 8.51. The summed E-state index contributed by atoms with van der Waals surface area (Å²) in [6, 6.07) is 6.61. The molecule has 8 heteroatoms. The van der Waals surface area contributed by atoms with Crippen molar-refractivity contribution in [2.45, 2.75) is 40.7 Å². The van der Waals surface area contributed by atoms with Crippen LogP contribution in [0.3, 0.4) is 0 Å². The van der Waals surface area contributed by atoms with E-state index in [1.807, 2.05) is 17.5 Å². The van der Waals surface area contributed by atoms with Crippen LogP contribution in [0.2, 0.25) is 0 Å². The molecule has 1 unspecified atom stereocenters. The fourth-order valence-corrected chi connectivity index (χ4v) is 2.81. The second-order valence-corrected chi connectivity index (χ2v) is 8.09. The molecule has 2 rings (SSSR count). The lowest BCUT2D eigenvalue weighted by Crippen LogP contribution is -2.46. The van der Waals surface area contributed by atoms with Gasteiger partial charge in [0.05, 0.1) is 5.69 Å². The van der Waals surface area contributed by atoms with E-state index in [-0.39, 0.29) is 17.7 Å². The van der Waals surface area contributed by atoms with Gasteiger partial charge in [-0.3, -0.25) is 14.4 Å². The van der Waals surface area contributed by atoms with Crippen molar-refractivity contribution in [3.63, 3.8) is 0 Å². The highest BCUT2D eigenvalue weighted by Gasteiger charge is 2.25. The highest BCUT2D eigenvalue weighted by molar-refractivity contribution is 7.14. The smallest absolute Gasteiger partial charge is 0.248 e. The van der Waals surface area contributed by atoms with Gasteiger partial charge in [0.15, 0.2) is 5.13 Å². The van der Waals surface area contributed by atoms with Gasteiger partial charge in [-0.1, -0.05) is 32.9 Å². The maximum Gasteiger partial charge on any atom is 0.248 e. The lowest BCUT2D eigenvalue weighted by molar-refractivity contribution is -0.131. The minimum absolute atomic E-state index is 0.130. The van der Waals surface area contributed by atoms with Crippen LogP contribution in [0.25, 0.3) is 11.3 Å². The molecule has 0 saturated heterocycles. The van der Waals surface area contributed by atoms with Gasteiger partial charge in [-0.15, -0.1) is 11.3 Å². The summed E-state index contributed by atoms with van der Waals surface area (Å²) in [7, 11) is 0. The molecule has 144 valence electrons. The van der Waals surface area contributed by atoms with Crippen LogP contribution in [0, 0.1) is 5.41 Å². The number of benzene rings is 1. The van der Waals surface area contributed by atoms with Gasteiger partial charge in [-0.2, -0.15) is 0 Å². The fourth-order valence-electron chi connectivity index (χ4n) is 2.08. The standard InChI is InChI=1S/C19H24N4O3S/c1-11(20-17(26)19(3,4)5)16(25)23-18-22-15(10-27-18)13-6-8-14(9-7-13)21-12(2)24/h6-11H,1-5H3,(H,20,26)(H,21,24)(H,22,23,25). The molecular formula is C19H24N4O3S. The molecule has 0 spiro atoms. The molecule has 3 amide bonds. The Kier molecular flexibility index (Phi) is 6.32. The summed E-state index contributed by atoms with van der Waals surface area (Å²) in [6.45, 7) is 8.45. The topological polar surface area (TPSA) is 100 Å². The Morgan fingerprint density at radius 2 is 1.70 bits per heavy atom. The predicted molar refractivity (Wildman–Crippen MR) is 108 cm³/mol. The molecule has 7 nitrogen and oxygen atoms in total. The third-order valence-corrected chi connectivity index (χ3v) is 4.42. The molecule has 0 saturated carbocycles. The van der Waals surface area contributed by atoms with Crippen LogP contribution in [0.15, 0.2) is 29.6 Å². The lowest BCUT2D eigenvalue weighted by Gasteiger charge is -2.21. The Labute approximate surface area is 162 Å². The molecule has 1 aromatic carbocycles. The molecule has 0 aliphatic carbocycles. The number of carbonyl (C=O) groups excluding carboxylic acids is 3.